The Bertz CT molecular complexity index is 865. The highest BCUT2D eigenvalue weighted by molar-refractivity contribution is 7.84. The van der Waals surface area contributed by atoms with E-state index < -0.39 is 16.0 Å². The van der Waals surface area contributed by atoms with Crippen LogP contribution in [-0.4, -0.2) is 19.3 Å². The number of nitrogens with zero attached hydrogens (tertiary/aromatic N) is 3. The predicted molar refractivity (Wildman–Crippen MR) is 90.7 cm³/mol. The standard InChI is InChI=1S/C17H19N3O3S/c1-10-7-5-6-8-14(10)16-19-17(23-20-16)13(4)24(21)9-15-18-11(2)12(3)22-15/h5-8,13H,9H2,1-4H3/t13-,24+/m1/s1. The lowest BCUT2D eigenvalue weighted by Gasteiger charge is -2.04. The molecular formula is C17H19N3O3S. The van der Waals surface area contributed by atoms with Gasteiger partial charge in [0.2, 0.25) is 17.6 Å². The molecule has 0 N–H and O–H groups in total. The van der Waals surface area contributed by atoms with Crippen LogP contribution in [0.3, 0.4) is 0 Å². The third-order valence-electron chi connectivity index (χ3n) is 3.91. The van der Waals surface area contributed by atoms with Gasteiger partial charge in [-0.1, -0.05) is 29.4 Å². The Morgan fingerprint density at radius 3 is 2.58 bits per heavy atom. The van der Waals surface area contributed by atoms with E-state index in [1.54, 1.807) is 6.92 Å². The number of aryl methyl sites for hydroxylation is 3. The molecule has 7 heteroatoms. The number of hydrogen-bond donors (Lipinski definition) is 0. The Balaban J connectivity index is 1.77. The van der Waals surface area contributed by atoms with E-state index in [0.29, 0.717) is 17.6 Å². The summed E-state index contributed by atoms with van der Waals surface area (Å²) in [5, 5.41) is 3.62. The van der Waals surface area contributed by atoms with Crippen molar-refractivity contribution in [1.29, 1.82) is 0 Å². The minimum Gasteiger partial charge on any atom is -0.445 e. The van der Waals surface area contributed by atoms with Crippen molar-refractivity contribution in [1.82, 2.24) is 15.1 Å². The van der Waals surface area contributed by atoms with Crippen LogP contribution in [-0.2, 0) is 16.6 Å². The third kappa shape index (κ3) is 3.31. The van der Waals surface area contributed by atoms with E-state index in [-0.39, 0.29) is 5.75 Å². The van der Waals surface area contributed by atoms with Gasteiger partial charge in [0.15, 0.2) is 0 Å². The van der Waals surface area contributed by atoms with Crippen molar-refractivity contribution in [3.63, 3.8) is 0 Å². The molecular weight excluding hydrogens is 326 g/mol. The lowest BCUT2D eigenvalue weighted by molar-refractivity contribution is 0.379. The molecule has 0 fully saturated rings. The van der Waals surface area contributed by atoms with Crippen molar-refractivity contribution < 1.29 is 13.1 Å². The lowest BCUT2D eigenvalue weighted by atomic mass is 10.1. The average Bonchev–Trinajstić information content (AvgIpc) is 3.14. The van der Waals surface area contributed by atoms with E-state index in [2.05, 4.69) is 15.1 Å². The number of hydrogen-bond acceptors (Lipinski definition) is 6. The molecule has 0 spiro atoms. The molecule has 0 aliphatic heterocycles. The monoisotopic (exact) mass is 345 g/mol. The van der Waals surface area contributed by atoms with Gasteiger partial charge in [-0.05, 0) is 33.3 Å². The molecule has 3 rings (SSSR count). The van der Waals surface area contributed by atoms with Crippen LogP contribution in [0.15, 0.2) is 33.2 Å². The number of oxazole rings is 1. The molecule has 0 aliphatic rings. The van der Waals surface area contributed by atoms with Crippen molar-refractivity contribution in [2.75, 3.05) is 0 Å². The Morgan fingerprint density at radius 1 is 1.17 bits per heavy atom. The van der Waals surface area contributed by atoms with Crippen LogP contribution in [0.4, 0.5) is 0 Å². The molecule has 0 amide bonds. The quantitative estimate of drug-likeness (QED) is 0.702. The molecule has 2 heterocycles. The van der Waals surface area contributed by atoms with Crippen LogP contribution in [0.2, 0.25) is 0 Å². The van der Waals surface area contributed by atoms with Crippen molar-refractivity contribution in [2.24, 2.45) is 0 Å². The van der Waals surface area contributed by atoms with E-state index >= 15 is 0 Å². The van der Waals surface area contributed by atoms with Crippen LogP contribution in [0.25, 0.3) is 11.4 Å². The first-order valence-corrected chi connectivity index (χ1v) is 9.03. The van der Waals surface area contributed by atoms with Crippen molar-refractivity contribution in [2.45, 2.75) is 38.7 Å². The minimum absolute atomic E-state index is 0.220. The third-order valence-corrected chi connectivity index (χ3v) is 5.43. The van der Waals surface area contributed by atoms with Gasteiger partial charge in [0, 0.05) is 16.4 Å². The second-order valence-electron chi connectivity index (χ2n) is 5.69. The molecule has 24 heavy (non-hydrogen) atoms. The zero-order valence-electron chi connectivity index (χ0n) is 14.1. The van der Waals surface area contributed by atoms with E-state index in [9.17, 15) is 4.21 Å². The summed E-state index contributed by atoms with van der Waals surface area (Å²) in [6, 6.07) is 7.80. The summed E-state index contributed by atoms with van der Waals surface area (Å²) in [7, 11) is -1.26. The normalized spacial score (nSPS) is 13.8. The zero-order chi connectivity index (χ0) is 17.3. The van der Waals surface area contributed by atoms with Crippen LogP contribution in [0.1, 0.15) is 41.0 Å². The van der Waals surface area contributed by atoms with Crippen LogP contribution >= 0.6 is 0 Å². The molecule has 2 aromatic heterocycles. The summed E-state index contributed by atoms with van der Waals surface area (Å²) in [6.07, 6.45) is 0. The van der Waals surface area contributed by atoms with Gasteiger partial charge >= 0.3 is 0 Å². The lowest BCUT2D eigenvalue weighted by Crippen LogP contribution is -2.06. The summed E-state index contributed by atoms with van der Waals surface area (Å²) >= 11 is 0. The number of benzene rings is 1. The van der Waals surface area contributed by atoms with Crippen LogP contribution in [0.5, 0.6) is 0 Å². The SMILES string of the molecule is Cc1ccccc1-c1noc([C@@H](C)[S@@](=O)Cc2nc(C)c(C)o2)n1. The molecule has 1 aromatic carbocycles. The molecule has 0 saturated heterocycles. The molecule has 2 atom stereocenters. The molecule has 0 unspecified atom stereocenters. The maximum absolute atomic E-state index is 12.5. The van der Waals surface area contributed by atoms with Crippen LogP contribution < -0.4 is 0 Å². The molecule has 0 aliphatic carbocycles. The summed E-state index contributed by atoms with van der Waals surface area (Å²) in [5.74, 6) is 2.29. The molecule has 0 bridgehead atoms. The zero-order valence-corrected chi connectivity index (χ0v) is 14.9. The van der Waals surface area contributed by atoms with E-state index in [4.69, 9.17) is 8.94 Å². The smallest absolute Gasteiger partial charge is 0.242 e. The van der Waals surface area contributed by atoms with E-state index in [1.165, 1.54) is 0 Å². The maximum atomic E-state index is 12.5. The van der Waals surface area contributed by atoms with Gasteiger partial charge in [-0.2, -0.15) is 4.98 Å². The van der Waals surface area contributed by atoms with Crippen molar-refractivity contribution in [3.8, 4) is 11.4 Å². The first kappa shape index (κ1) is 16.6. The second-order valence-corrected chi connectivity index (χ2v) is 7.44. The number of rotatable bonds is 5. The predicted octanol–water partition coefficient (Wildman–Crippen LogP) is 3.66. The fraction of sp³-hybridized carbons (Fsp3) is 0.353. The summed E-state index contributed by atoms with van der Waals surface area (Å²) in [6.45, 7) is 7.49. The van der Waals surface area contributed by atoms with Crippen LogP contribution in [0, 0.1) is 20.8 Å². The first-order chi connectivity index (χ1) is 11.5. The molecule has 3 aromatic rings. The minimum atomic E-state index is -1.26. The summed E-state index contributed by atoms with van der Waals surface area (Å²) in [5.41, 5.74) is 2.78. The Morgan fingerprint density at radius 2 is 1.92 bits per heavy atom. The van der Waals surface area contributed by atoms with Gasteiger partial charge in [0.05, 0.1) is 5.69 Å². The van der Waals surface area contributed by atoms with Gasteiger partial charge in [0.25, 0.3) is 0 Å². The highest BCUT2D eigenvalue weighted by atomic mass is 32.2. The topological polar surface area (TPSA) is 82.0 Å². The van der Waals surface area contributed by atoms with E-state index in [0.717, 1.165) is 22.6 Å². The fourth-order valence-corrected chi connectivity index (χ4v) is 3.23. The van der Waals surface area contributed by atoms with Gasteiger partial charge in [0.1, 0.15) is 16.8 Å². The number of aromatic nitrogens is 3. The molecule has 6 nitrogen and oxygen atoms in total. The largest absolute Gasteiger partial charge is 0.445 e. The second kappa shape index (κ2) is 6.68. The first-order valence-electron chi connectivity index (χ1n) is 7.65. The fourth-order valence-electron chi connectivity index (χ4n) is 2.29. The molecule has 0 radical (unpaired) electrons. The Kier molecular flexibility index (Phi) is 4.62. The van der Waals surface area contributed by atoms with Gasteiger partial charge in [-0.15, -0.1) is 0 Å². The average molecular weight is 345 g/mol. The highest BCUT2D eigenvalue weighted by Crippen LogP contribution is 2.25. The summed E-state index contributed by atoms with van der Waals surface area (Å²) in [4.78, 5) is 8.67. The van der Waals surface area contributed by atoms with Gasteiger partial charge < -0.3 is 8.94 Å². The van der Waals surface area contributed by atoms with Crippen molar-refractivity contribution >= 4 is 10.8 Å². The van der Waals surface area contributed by atoms with Gasteiger partial charge in [-0.25, -0.2) is 4.98 Å². The highest BCUT2D eigenvalue weighted by Gasteiger charge is 2.23. The summed E-state index contributed by atoms with van der Waals surface area (Å²) < 4.78 is 23.3. The Labute approximate surface area is 142 Å². The van der Waals surface area contributed by atoms with Gasteiger partial charge in [-0.3, -0.25) is 4.21 Å². The maximum Gasteiger partial charge on any atom is 0.242 e. The van der Waals surface area contributed by atoms with E-state index in [1.807, 2.05) is 45.0 Å². The molecule has 0 saturated carbocycles. The molecule has 126 valence electrons. The van der Waals surface area contributed by atoms with Crippen molar-refractivity contribution in [3.05, 3.63) is 53.1 Å². The Hall–Kier alpha value is -2.28.